The molecule has 6 heteroatoms. The Labute approximate surface area is 141 Å². The van der Waals surface area contributed by atoms with E-state index in [1.165, 1.54) is 13.0 Å². The van der Waals surface area contributed by atoms with Gasteiger partial charge < -0.3 is 15.3 Å². The summed E-state index contributed by atoms with van der Waals surface area (Å²) in [6.45, 7) is 7.06. The summed E-state index contributed by atoms with van der Waals surface area (Å²) < 4.78 is 0. The number of pyridine rings is 1. The number of rotatable bonds is 4. The highest BCUT2D eigenvalue weighted by molar-refractivity contribution is 6.13. The van der Waals surface area contributed by atoms with Gasteiger partial charge in [0.05, 0.1) is 0 Å². The monoisotopic (exact) mass is 327 g/mol. The van der Waals surface area contributed by atoms with Crippen molar-refractivity contribution in [2.75, 3.05) is 5.32 Å². The molecule has 6 nitrogen and oxygen atoms in total. The standard InChI is InChI=1S/C18H21N3O3/c1-12(22)20-14-8-5-7-13(11-14)16(21-24-18(2,3)4)17-15(23)9-6-10-19-17/h5-11,23H,1-4H3,(H,20,22)/b21-16-. The predicted octanol–water partition coefficient (Wildman–Crippen LogP) is 3.31. The molecule has 2 aromatic rings. The van der Waals surface area contributed by atoms with Crippen molar-refractivity contribution in [3.05, 3.63) is 53.9 Å². The number of anilines is 1. The normalized spacial score (nSPS) is 11.9. The summed E-state index contributed by atoms with van der Waals surface area (Å²) in [5, 5.41) is 17.0. The van der Waals surface area contributed by atoms with E-state index in [0.29, 0.717) is 22.7 Å². The minimum Gasteiger partial charge on any atom is -0.506 e. The number of benzene rings is 1. The molecule has 0 fully saturated rings. The molecule has 0 aliphatic rings. The molecule has 0 unspecified atom stereocenters. The molecule has 126 valence electrons. The Morgan fingerprint density at radius 2 is 2.00 bits per heavy atom. The molecule has 0 saturated carbocycles. The average molecular weight is 327 g/mol. The van der Waals surface area contributed by atoms with E-state index in [9.17, 15) is 9.90 Å². The number of carbonyl (C=O) groups excluding carboxylic acids is 1. The molecular formula is C18H21N3O3. The number of hydrogen-bond acceptors (Lipinski definition) is 5. The van der Waals surface area contributed by atoms with Gasteiger partial charge in [-0.2, -0.15) is 0 Å². The summed E-state index contributed by atoms with van der Waals surface area (Å²) in [5.74, 6) is -0.170. The van der Waals surface area contributed by atoms with Crippen LogP contribution >= 0.6 is 0 Å². The third-order valence-corrected chi connectivity index (χ3v) is 2.88. The van der Waals surface area contributed by atoms with Gasteiger partial charge in [-0.1, -0.05) is 17.3 Å². The number of aromatic nitrogens is 1. The maximum atomic E-state index is 11.3. The fourth-order valence-corrected chi connectivity index (χ4v) is 1.94. The van der Waals surface area contributed by atoms with Gasteiger partial charge in [0, 0.05) is 24.4 Å². The molecule has 1 amide bonds. The zero-order chi connectivity index (χ0) is 17.7. The summed E-state index contributed by atoms with van der Waals surface area (Å²) in [6, 6.07) is 10.3. The first-order valence-electron chi connectivity index (χ1n) is 7.55. The summed E-state index contributed by atoms with van der Waals surface area (Å²) in [6.07, 6.45) is 1.57. The van der Waals surface area contributed by atoms with Crippen LogP contribution in [-0.4, -0.2) is 27.3 Å². The van der Waals surface area contributed by atoms with Crippen molar-refractivity contribution >= 4 is 17.3 Å². The van der Waals surface area contributed by atoms with Crippen LogP contribution in [0.5, 0.6) is 5.75 Å². The molecule has 0 radical (unpaired) electrons. The number of oxime groups is 1. The first-order valence-corrected chi connectivity index (χ1v) is 7.55. The van der Waals surface area contributed by atoms with Crippen LogP contribution in [0.15, 0.2) is 47.8 Å². The van der Waals surface area contributed by atoms with Gasteiger partial charge in [0.1, 0.15) is 22.8 Å². The highest BCUT2D eigenvalue weighted by Crippen LogP contribution is 2.22. The van der Waals surface area contributed by atoms with Crippen molar-refractivity contribution in [1.82, 2.24) is 4.98 Å². The number of carbonyl (C=O) groups is 1. The van der Waals surface area contributed by atoms with Crippen molar-refractivity contribution in [1.29, 1.82) is 0 Å². The lowest BCUT2D eigenvalue weighted by molar-refractivity contribution is -0.114. The topological polar surface area (TPSA) is 83.8 Å². The lowest BCUT2D eigenvalue weighted by atomic mass is 10.1. The van der Waals surface area contributed by atoms with Gasteiger partial charge in [0.2, 0.25) is 5.91 Å². The van der Waals surface area contributed by atoms with E-state index in [0.717, 1.165) is 0 Å². The van der Waals surface area contributed by atoms with Crippen molar-refractivity contribution in [3.63, 3.8) is 0 Å². The molecule has 2 N–H and O–H groups in total. The Kier molecular flexibility index (Phi) is 5.18. The maximum Gasteiger partial charge on any atom is 0.221 e. The maximum absolute atomic E-state index is 11.3. The quantitative estimate of drug-likeness (QED) is 0.666. The average Bonchev–Trinajstić information content (AvgIpc) is 2.48. The minimum atomic E-state index is -0.495. The Hall–Kier alpha value is -2.89. The SMILES string of the molecule is CC(=O)Nc1cccc(/C(=N/OC(C)(C)C)c2ncccc2O)c1. The van der Waals surface area contributed by atoms with Gasteiger partial charge in [-0.05, 0) is 45.0 Å². The van der Waals surface area contributed by atoms with Gasteiger partial charge in [-0.15, -0.1) is 0 Å². The molecule has 0 aliphatic heterocycles. The largest absolute Gasteiger partial charge is 0.506 e. The van der Waals surface area contributed by atoms with E-state index in [1.54, 1.807) is 30.5 Å². The second kappa shape index (κ2) is 7.12. The zero-order valence-electron chi connectivity index (χ0n) is 14.2. The van der Waals surface area contributed by atoms with Crippen molar-refractivity contribution < 1.29 is 14.7 Å². The highest BCUT2D eigenvalue weighted by atomic mass is 16.6. The zero-order valence-corrected chi connectivity index (χ0v) is 14.2. The van der Waals surface area contributed by atoms with E-state index in [4.69, 9.17) is 4.84 Å². The smallest absolute Gasteiger partial charge is 0.221 e. The molecule has 0 saturated heterocycles. The number of hydrogen-bond donors (Lipinski definition) is 2. The van der Waals surface area contributed by atoms with Gasteiger partial charge >= 0.3 is 0 Å². The molecule has 0 aliphatic carbocycles. The van der Waals surface area contributed by atoms with E-state index in [-0.39, 0.29) is 11.7 Å². The predicted molar refractivity (Wildman–Crippen MR) is 93.1 cm³/mol. The molecule has 2 rings (SSSR count). The lowest BCUT2D eigenvalue weighted by Crippen LogP contribution is -2.18. The minimum absolute atomic E-state index is 0.00121. The summed E-state index contributed by atoms with van der Waals surface area (Å²) >= 11 is 0. The number of amides is 1. The first kappa shape index (κ1) is 17.5. The molecule has 1 aromatic carbocycles. The molecule has 0 atom stereocenters. The van der Waals surface area contributed by atoms with Crippen LogP contribution in [0.3, 0.4) is 0 Å². The fourth-order valence-electron chi connectivity index (χ4n) is 1.94. The van der Waals surface area contributed by atoms with E-state index in [1.807, 2.05) is 26.8 Å². The number of nitrogens with zero attached hydrogens (tertiary/aromatic N) is 2. The molecule has 0 spiro atoms. The number of nitrogens with one attached hydrogen (secondary N) is 1. The molecule has 0 bridgehead atoms. The van der Waals surface area contributed by atoms with E-state index < -0.39 is 5.60 Å². The van der Waals surface area contributed by atoms with Crippen LogP contribution in [0, 0.1) is 0 Å². The van der Waals surface area contributed by atoms with E-state index in [2.05, 4.69) is 15.5 Å². The van der Waals surface area contributed by atoms with Crippen molar-refractivity contribution in [3.8, 4) is 5.75 Å². The van der Waals surface area contributed by atoms with Crippen LogP contribution in [-0.2, 0) is 9.63 Å². The van der Waals surface area contributed by atoms with Crippen LogP contribution in [0.1, 0.15) is 39.0 Å². The van der Waals surface area contributed by atoms with Crippen LogP contribution in [0.2, 0.25) is 0 Å². The Morgan fingerprint density at radius 1 is 1.25 bits per heavy atom. The second-order valence-electron chi connectivity index (χ2n) is 6.28. The first-order chi connectivity index (χ1) is 11.3. The van der Waals surface area contributed by atoms with Gasteiger partial charge in [-0.25, -0.2) is 0 Å². The van der Waals surface area contributed by atoms with Crippen molar-refractivity contribution in [2.45, 2.75) is 33.3 Å². The third kappa shape index (κ3) is 4.81. The summed E-state index contributed by atoms with van der Waals surface area (Å²) in [7, 11) is 0. The van der Waals surface area contributed by atoms with E-state index >= 15 is 0 Å². The number of aromatic hydroxyl groups is 1. The molecule has 24 heavy (non-hydrogen) atoms. The van der Waals surface area contributed by atoms with Gasteiger partial charge in [0.25, 0.3) is 0 Å². The highest BCUT2D eigenvalue weighted by Gasteiger charge is 2.17. The lowest BCUT2D eigenvalue weighted by Gasteiger charge is -2.17. The molecule has 1 aromatic heterocycles. The second-order valence-corrected chi connectivity index (χ2v) is 6.28. The Balaban J connectivity index is 2.51. The molecular weight excluding hydrogens is 306 g/mol. The van der Waals surface area contributed by atoms with Crippen LogP contribution in [0.25, 0.3) is 0 Å². The summed E-state index contributed by atoms with van der Waals surface area (Å²) in [4.78, 5) is 21.0. The van der Waals surface area contributed by atoms with Crippen LogP contribution in [0.4, 0.5) is 5.69 Å². The third-order valence-electron chi connectivity index (χ3n) is 2.88. The van der Waals surface area contributed by atoms with Gasteiger partial charge in [0.15, 0.2) is 0 Å². The van der Waals surface area contributed by atoms with Gasteiger partial charge in [-0.3, -0.25) is 9.78 Å². The van der Waals surface area contributed by atoms with Crippen molar-refractivity contribution in [2.24, 2.45) is 5.16 Å². The van der Waals surface area contributed by atoms with Crippen LogP contribution < -0.4 is 5.32 Å². The summed E-state index contributed by atoms with van der Waals surface area (Å²) in [5.41, 5.74) is 1.49. The fraction of sp³-hybridized carbons (Fsp3) is 0.278. The Bertz CT molecular complexity index is 764. The molecule has 1 heterocycles. The Morgan fingerprint density at radius 3 is 2.62 bits per heavy atom.